The maximum atomic E-state index is 11.5. The van der Waals surface area contributed by atoms with Crippen LogP contribution in [0, 0.1) is 12.8 Å². The van der Waals surface area contributed by atoms with Crippen molar-refractivity contribution in [1.29, 1.82) is 0 Å². The lowest BCUT2D eigenvalue weighted by atomic mass is 10.1. The smallest absolute Gasteiger partial charge is 0.303 e. The summed E-state index contributed by atoms with van der Waals surface area (Å²) < 4.78 is 0. The maximum absolute atomic E-state index is 11.5. The summed E-state index contributed by atoms with van der Waals surface area (Å²) in [6, 6.07) is 5.52. The molecule has 5 nitrogen and oxygen atoms in total. The second-order valence-electron chi connectivity index (χ2n) is 5.08. The van der Waals surface area contributed by atoms with E-state index in [1.165, 1.54) is 0 Å². The molecule has 1 amide bonds. The Bertz CT molecular complexity index is 513. The molecule has 0 spiro atoms. The molecule has 1 saturated heterocycles. The van der Waals surface area contributed by atoms with Crippen molar-refractivity contribution in [2.24, 2.45) is 11.7 Å². The molecule has 0 radical (unpaired) electrons. The predicted octanol–water partition coefficient (Wildman–Crippen LogP) is 1.39. The van der Waals surface area contributed by atoms with Gasteiger partial charge in [-0.2, -0.15) is 0 Å². The van der Waals surface area contributed by atoms with Crippen LogP contribution in [-0.4, -0.2) is 30.1 Å². The number of anilines is 1. The summed E-state index contributed by atoms with van der Waals surface area (Å²) in [6.07, 6.45) is 1.01. The molecule has 1 aliphatic rings. The van der Waals surface area contributed by atoms with E-state index in [0.717, 1.165) is 24.2 Å². The number of carboxylic acid groups (broad SMARTS) is 1. The number of aryl methyl sites for hydroxylation is 1. The summed E-state index contributed by atoms with van der Waals surface area (Å²) in [7, 11) is 0. The number of hydrogen-bond donors (Lipinski definition) is 2. The minimum absolute atomic E-state index is 0.138. The fourth-order valence-electron chi connectivity index (χ4n) is 2.58. The van der Waals surface area contributed by atoms with Gasteiger partial charge in [0, 0.05) is 25.2 Å². The summed E-state index contributed by atoms with van der Waals surface area (Å²) in [5, 5.41) is 8.83. The first-order valence-electron chi connectivity index (χ1n) is 6.34. The van der Waals surface area contributed by atoms with Gasteiger partial charge in [-0.25, -0.2) is 0 Å². The van der Waals surface area contributed by atoms with Crippen LogP contribution in [0.15, 0.2) is 18.2 Å². The van der Waals surface area contributed by atoms with Gasteiger partial charge >= 0.3 is 5.97 Å². The van der Waals surface area contributed by atoms with Gasteiger partial charge in [0.05, 0.1) is 5.56 Å². The Morgan fingerprint density at radius 2 is 2.21 bits per heavy atom. The number of nitrogens with zero attached hydrogens (tertiary/aromatic N) is 1. The van der Waals surface area contributed by atoms with Gasteiger partial charge in [0.25, 0.3) is 5.91 Å². The lowest BCUT2D eigenvalue weighted by molar-refractivity contribution is -0.137. The third-order valence-corrected chi connectivity index (χ3v) is 3.51. The average Bonchev–Trinajstić information content (AvgIpc) is 2.75. The van der Waals surface area contributed by atoms with Gasteiger partial charge in [0.15, 0.2) is 0 Å². The van der Waals surface area contributed by atoms with Crippen molar-refractivity contribution < 1.29 is 14.7 Å². The summed E-state index contributed by atoms with van der Waals surface area (Å²) in [4.78, 5) is 24.2. The molecule has 5 heteroatoms. The van der Waals surface area contributed by atoms with Crippen molar-refractivity contribution in [2.45, 2.75) is 19.8 Å². The molecule has 0 aromatic heterocycles. The average molecular weight is 262 g/mol. The number of nitrogens with two attached hydrogens (primary N) is 1. The van der Waals surface area contributed by atoms with Gasteiger partial charge in [-0.05, 0) is 37.0 Å². The van der Waals surface area contributed by atoms with E-state index in [-0.39, 0.29) is 12.3 Å². The number of rotatable bonds is 4. The quantitative estimate of drug-likeness (QED) is 0.859. The van der Waals surface area contributed by atoms with Crippen LogP contribution in [0.3, 0.4) is 0 Å². The number of amides is 1. The SMILES string of the molecule is Cc1ccc(C(N)=O)c(N2CCC(CC(=O)O)C2)c1. The number of benzene rings is 1. The van der Waals surface area contributed by atoms with Gasteiger partial charge in [-0.15, -0.1) is 0 Å². The molecule has 0 aliphatic carbocycles. The predicted molar refractivity (Wildman–Crippen MR) is 72.3 cm³/mol. The van der Waals surface area contributed by atoms with Gasteiger partial charge in [0.2, 0.25) is 0 Å². The largest absolute Gasteiger partial charge is 0.481 e. The topological polar surface area (TPSA) is 83.6 Å². The number of primary amides is 1. The summed E-state index contributed by atoms with van der Waals surface area (Å²) in [5.41, 5.74) is 7.77. The minimum atomic E-state index is -0.772. The Hall–Kier alpha value is -2.04. The van der Waals surface area contributed by atoms with Crippen molar-refractivity contribution >= 4 is 17.6 Å². The van der Waals surface area contributed by atoms with E-state index in [1.54, 1.807) is 6.07 Å². The monoisotopic (exact) mass is 262 g/mol. The third kappa shape index (κ3) is 3.05. The summed E-state index contributed by atoms with van der Waals surface area (Å²) in [6.45, 7) is 3.39. The van der Waals surface area contributed by atoms with Crippen LogP contribution in [-0.2, 0) is 4.79 Å². The molecular formula is C14H18N2O3. The second-order valence-corrected chi connectivity index (χ2v) is 5.08. The number of carboxylic acids is 1. The van der Waals surface area contributed by atoms with Crippen molar-refractivity contribution in [2.75, 3.05) is 18.0 Å². The highest BCUT2D eigenvalue weighted by Crippen LogP contribution is 2.29. The van der Waals surface area contributed by atoms with Crippen LogP contribution >= 0.6 is 0 Å². The highest BCUT2D eigenvalue weighted by atomic mass is 16.4. The van der Waals surface area contributed by atoms with Gasteiger partial charge in [-0.3, -0.25) is 9.59 Å². The first-order valence-corrected chi connectivity index (χ1v) is 6.34. The lowest BCUT2D eigenvalue weighted by Crippen LogP contribution is -2.24. The van der Waals surface area contributed by atoms with Crippen molar-refractivity contribution in [1.82, 2.24) is 0 Å². The molecule has 0 bridgehead atoms. The molecule has 19 heavy (non-hydrogen) atoms. The highest BCUT2D eigenvalue weighted by Gasteiger charge is 2.26. The van der Waals surface area contributed by atoms with Crippen molar-refractivity contribution in [3.63, 3.8) is 0 Å². The standard InChI is InChI=1S/C14H18N2O3/c1-9-2-3-11(14(15)19)12(6-9)16-5-4-10(8-16)7-13(17)18/h2-3,6,10H,4-5,7-8H2,1H3,(H2,15,19)(H,17,18). The van der Waals surface area contributed by atoms with Crippen molar-refractivity contribution in [3.8, 4) is 0 Å². The van der Waals surface area contributed by atoms with E-state index in [0.29, 0.717) is 12.1 Å². The molecule has 2 rings (SSSR count). The zero-order valence-electron chi connectivity index (χ0n) is 10.9. The lowest BCUT2D eigenvalue weighted by Gasteiger charge is -2.21. The van der Waals surface area contributed by atoms with Crippen LogP contribution < -0.4 is 10.6 Å². The fourth-order valence-corrected chi connectivity index (χ4v) is 2.58. The molecule has 1 unspecified atom stereocenters. The minimum Gasteiger partial charge on any atom is -0.481 e. The van der Waals surface area contributed by atoms with E-state index in [1.807, 2.05) is 19.1 Å². The van der Waals surface area contributed by atoms with Crippen LogP contribution in [0.1, 0.15) is 28.8 Å². The molecule has 102 valence electrons. The molecule has 1 atom stereocenters. The zero-order valence-corrected chi connectivity index (χ0v) is 10.9. The van der Waals surface area contributed by atoms with Crippen LogP contribution in [0.4, 0.5) is 5.69 Å². The van der Waals surface area contributed by atoms with E-state index < -0.39 is 11.9 Å². The fraction of sp³-hybridized carbons (Fsp3) is 0.429. The molecule has 3 N–H and O–H groups in total. The van der Waals surface area contributed by atoms with Gasteiger partial charge < -0.3 is 15.7 Å². The van der Waals surface area contributed by atoms with Crippen LogP contribution in [0.5, 0.6) is 0 Å². The molecule has 1 aromatic rings. The van der Waals surface area contributed by atoms with Crippen LogP contribution in [0.25, 0.3) is 0 Å². The van der Waals surface area contributed by atoms with Crippen molar-refractivity contribution in [3.05, 3.63) is 29.3 Å². The normalized spacial score (nSPS) is 18.6. The van der Waals surface area contributed by atoms with E-state index in [9.17, 15) is 9.59 Å². The second kappa shape index (κ2) is 5.30. The Morgan fingerprint density at radius 1 is 1.47 bits per heavy atom. The maximum Gasteiger partial charge on any atom is 0.303 e. The van der Waals surface area contributed by atoms with E-state index in [4.69, 9.17) is 10.8 Å². The Kier molecular flexibility index (Phi) is 3.74. The number of hydrogen-bond acceptors (Lipinski definition) is 3. The molecule has 1 heterocycles. The molecule has 0 saturated carbocycles. The molecule has 1 aromatic carbocycles. The zero-order chi connectivity index (χ0) is 14.0. The third-order valence-electron chi connectivity index (χ3n) is 3.51. The highest BCUT2D eigenvalue weighted by molar-refractivity contribution is 5.98. The number of carbonyl (C=O) groups excluding carboxylic acids is 1. The Morgan fingerprint density at radius 3 is 2.84 bits per heavy atom. The van der Waals surface area contributed by atoms with E-state index in [2.05, 4.69) is 4.90 Å². The molecule has 1 fully saturated rings. The molecule has 1 aliphatic heterocycles. The molecular weight excluding hydrogens is 244 g/mol. The Balaban J connectivity index is 2.21. The van der Waals surface area contributed by atoms with Gasteiger partial charge in [-0.1, -0.05) is 6.07 Å². The number of carbonyl (C=O) groups is 2. The Labute approximate surface area is 112 Å². The first kappa shape index (κ1) is 13.4. The first-order chi connectivity index (χ1) is 8.97. The van der Waals surface area contributed by atoms with Gasteiger partial charge in [0.1, 0.15) is 0 Å². The summed E-state index contributed by atoms with van der Waals surface area (Å²) in [5.74, 6) is -1.08. The van der Waals surface area contributed by atoms with Crippen LogP contribution in [0.2, 0.25) is 0 Å². The summed E-state index contributed by atoms with van der Waals surface area (Å²) >= 11 is 0. The number of aliphatic carboxylic acids is 1. The van der Waals surface area contributed by atoms with E-state index >= 15 is 0 Å².